The summed E-state index contributed by atoms with van der Waals surface area (Å²) in [5.41, 5.74) is 8.11. The predicted octanol–water partition coefficient (Wildman–Crippen LogP) is 0.267. The molecule has 2 aliphatic rings. The standard InChI is InChI=1S/C13H21N9O2/c14-20-16-2-8-24-10-9-23-7-1-15-11-17-12(21-3-4-21)19-13(18-11)22-5-6-22/h1-10H2,(H,15,17,18,19). The normalized spacial score (nSPS) is 15.2. The van der Waals surface area contributed by atoms with E-state index in [-0.39, 0.29) is 0 Å². The van der Waals surface area contributed by atoms with E-state index in [4.69, 9.17) is 15.0 Å². The monoisotopic (exact) mass is 335 g/mol. The van der Waals surface area contributed by atoms with Gasteiger partial charge in [0.2, 0.25) is 17.8 Å². The molecule has 24 heavy (non-hydrogen) atoms. The molecule has 1 aromatic heterocycles. The predicted molar refractivity (Wildman–Crippen MR) is 88.4 cm³/mol. The van der Waals surface area contributed by atoms with Gasteiger partial charge in [-0.25, -0.2) is 0 Å². The van der Waals surface area contributed by atoms with Gasteiger partial charge in [0.05, 0.1) is 26.4 Å². The second-order valence-electron chi connectivity index (χ2n) is 5.34. The third-order valence-electron chi connectivity index (χ3n) is 3.37. The molecule has 0 aromatic carbocycles. The molecule has 11 nitrogen and oxygen atoms in total. The Morgan fingerprint density at radius 2 is 1.58 bits per heavy atom. The van der Waals surface area contributed by atoms with Gasteiger partial charge in [0.25, 0.3) is 0 Å². The van der Waals surface area contributed by atoms with Crippen LogP contribution in [-0.4, -0.2) is 80.6 Å². The Bertz CT molecular complexity index is 555. The summed E-state index contributed by atoms with van der Waals surface area (Å²) in [4.78, 5) is 20.2. The van der Waals surface area contributed by atoms with Gasteiger partial charge in [-0.15, -0.1) is 0 Å². The van der Waals surface area contributed by atoms with Crippen LogP contribution < -0.4 is 15.1 Å². The molecule has 0 unspecified atom stereocenters. The summed E-state index contributed by atoms with van der Waals surface area (Å²) < 4.78 is 10.7. The molecular weight excluding hydrogens is 314 g/mol. The number of hydrogen-bond donors (Lipinski definition) is 1. The summed E-state index contributed by atoms with van der Waals surface area (Å²) in [6, 6.07) is 0. The van der Waals surface area contributed by atoms with Gasteiger partial charge in [-0.1, -0.05) is 5.11 Å². The van der Waals surface area contributed by atoms with Crippen LogP contribution in [0.25, 0.3) is 10.4 Å². The Hall–Kier alpha value is -2.36. The first-order valence-electron chi connectivity index (χ1n) is 8.03. The highest BCUT2D eigenvalue weighted by Crippen LogP contribution is 2.23. The van der Waals surface area contributed by atoms with E-state index in [2.05, 4.69) is 40.1 Å². The van der Waals surface area contributed by atoms with E-state index >= 15 is 0 Å². The minimum Gasteiger partial charge on any atom is -0.379 e. The zero-order valence-corrected chi connectivity index (χ0v) is 13.5. The van der Waals surface area contributed by atoms with Crippen LogP contribution in [0.15, 0.2) is 5.11 Å². The number of aromatic nitrogens is 3. The first-order valence-corrected chi connectivity index (χ1v) is 8.03. The topological polar surface area (TPSA) is 124 Å². The minimum atomic E-state index is 0.343. The van der Waals surface area contributed by atoms with Gasteiger partial charge in [-0.2, -0.15) is 15.0 Å². The van der Waals surface area contributed by atoms with Gasteiger partial charge in [-0.3, -0.25) is 0 Å². The number of anilines is 3. The number of hydrogen-bond acceptors (Lipinski definition) is 9. The van der Waals surface area contributed by atoms with Crippen LogP contribution in [0, 0.1) is 0 Å². The maximum Gasteiger partial charge on any atom is 0.232 e. The minimum absolute atomic E-state index is 0.343. The second-order valence-corrected chi connectivity index (χ2v) is 5.34. The molecular formula is C13H21N9O2. The molecule has 130 valence electrons. The highest BCUT2D eigenvalue weighted by Gasteiger charge is 2.27. The molecule has 1 aromatic rings. The van der Waals surface area contributed by atoms with Gasteiger partial charge < -0.3 is 24.6 Å². The average Bonchev–Trinajstić information content (AvgIpc) is 3.49. The fourth-order valence-electron chi connectivity index (χ4n) is 1.92. The maximum absolute atomic E-state index is 8.11. The first-order chi connectivity index (χ1) is 11.9. The maximum atomic E-state index is 8.11. The van der Waals surface area contributed by atoms with Crippen LogP contribution in [0.2, 0.25) is 0 Å². The highest BCUT2D eigenvalue weighted by atomic mass is 16.5. The lowest BCUT2D eigenvalue weighted by Gasteiger charge is -2.10. The second kappa shape index (κ2) is 8.48. The van der Waals surface area contributed by atoms with E-state index < -0.39 is 0 Å². The molecule has 0 bridgehead atoms. The molecule has 0 amide bonds. The average molecular weight is 335 g/mol. The van der Waals surface area contributed by atoms with Gasteiger partial charge in [0.1, 0.15) is 0 Å². The number of nitrogens with one attached hydrogen (secondary N) is 1. The lowest BCUT2D eigenvalue weighted by molar-refractivity contribution is 0.0547. The Labute approximate surface area is 139 Å². The zero-order valence-electron chi connectivity index (χ0n) is 13.5. The van der Waals surface area contributed by atoms with Crippen LogP contribution in [0.5, 0.6) is 0 Å². The molecule has 0 atom stereocenters. The van der Waals surface area contributed by atoms with Crippen molar-refractivity contribution in [3.63, 3.8) is 0 Å². The zero-order chi connectivity index (χ0) is 16.6. The Balaban J connectivity index is 1.32. The van der Waals surface area contributed by atoms with Crippen molar-refractivity contribution in [2.45, 2.75) is 0 Å². The fourth-order valence-corrected chi connectivity index (χ4v) is 1.92. The SMILES string of the molecule is [N-]=[N+]=NCCOCCOCCNc1nc(N2CC2)nc(N2CC2)n1. The highest BCUT2D eigenvalue weighted by molar-refractivity contribution is 5.50. The summed E-state index contributed by atoms with van der Waals surface area (Å²) >= 11 is 0. The fraction of sp³-hybridized carbons (Fsp3) is 0.769. The van der Waals surface area contributed by atoms with Gasteiger partial charge in [0.15, 0.2) is 0 Å². The molecule has 0 saturated carbocycles. The summed E-state index contributed by atoms with van der Waals surface area (Å²) in [6.07, 6.45) is 0. The van der Waals surface area contributed by atoms with Crippen molar-refractivity contribution in [3.05, 3.63) is 10.4 Å². The van der Waals surface area contributed by atoms with Crippen molar-refractivity contribution in [1.29, 1.82) is 0 Å². The molecule has 0 spiro atoms. The van der Waals surface area contributed by atoms with Crippen molar-refractivity contribution in [2.24, 2.45) is 5.11 Å². The van der Waals surface area contributed by atoms with Crippen LogP contribution in [0.4, 0.5) is 17.8 Å². The van der Waals surface area contributed by atoms with Crippen molar-refractivity contribution in [1.82, 2.24) is 15.0 Å². The number of ether oxygens (including phenoxy) is 2. The summed E-state index contributed by atoms with van der Waals surface area (Å²) in [6.45, 7) is 6.89. The van der Waals surface area contributed by atoms with E-state index in [1.165, 1.54) is 0 Å². The van der Waals surface area contributed by atoms with Gasteiger partial charge >= 0.3 is 0 Å². The molecule has 0 aliphatic carbocycles. The molecule has 0 radical (unpaired) electrons. The van der Waals surface area contributed by atoms with Crippen LogP contribution in [0.3, 0.4) is 0 Å². The van der Waals surface area contributed by atoms with E-state index in [0.717, 1.165) is 38.1 Å². The van der Waals surface area contributed by atoms with Crippen molar-refractivity contribution in [2.75, 3.05) is 80.8 Å². The van der Waals surface area contributed by atoms with Crippen LogP contribution in [-0.2, 0) is 9.47 Å². The third-order valence-corrected chi connectivity index (χ3v) is 3.37. The Morgan fingerprint density at radius 3 is 2.17 bits per heavy atom. The molecule has 2 aliphatic heterocycles. The largest absolute Gasteiger partial charge is 0.379 e. The molecule has 3 heterocycles. The van der Waals surface area contributed by atoms with E-state index in [1.807, 2.05) is 0 Å². The van der Waals surface area contributed by atoms with Gasteiger partial charge in [0, 0.05) is 44.2 Å². The number of nitrogens with zero attached hydrogens (tertiary/aromatic N) is 8. The van der Waals surface area contributed by atoms with E-state index in [1.54, 1.807) is 0 Å². The molecule has 2 fully saturated rings. The summed E-state index contributed by atoms with van der Waals surface area (Å²) in [5, 5.41) is 6.55. The van der Waals surface area contributed by atoms with Crippen molar-refractivity contribution in [3.8, 4) is 0 Å². The third kappa shape index (κ3) is 5.37. The Morgan fingerprint density at radius 1 is 0.958 bits per heavy atom. The van der Waals surface area contributed by atoms with Gasteiger partial charge in [-0.05, 0) is 5.53 Å². The number of rotatable bonds is 12. The number of azide groups is 1. The Kier molecular flexibility index (Phi) is 5.83. The summed E-state index contributed by atoms with van der Waals surface area (Å²) in [7, 11) is 0. The van der Waals surface area contributed by atoms with Crippen molar-refractivity contribution >= 4 is 17.8 Å². The molecule has 11 heteroatoms. The molecule has 3 rings (SSSR count). The van der Waals surface area contributed by atoms with E-state index in [0.29, 0.717) is 45.5 Å². The van der Waals surface area contributed by atoms with Crippen molar-refractivity contribution < 1.29 is 9.47 Å². The van der Waals surface area contributed by atoms with E-state index in [9.17, 15) is 0 Å². The van der Waals surface area contributed by atoms with Crippen LogP contribution >= 0.6 is 0 Å². The molecule has 2 saturated heterocycles. The lowest BCUT2D eigenvalue weighted by Crippen LogP contribution is -2.16. The van der Waals surface area contributed by atoms with Crippen LogP contribution in [0.1, 0.15) is 0 Å². The molecule has 1 N–H and O–H groups in total. The summed E-state index contributed by atoms with van der Waals surface area (Å²) in [5.74, 6) is 2.07. The smallest absolute Gasteiger partial charge is 0.232 e. The first kappa shape index (κ1) is 16.5. The lowest BCUT2D eigenvalue weighted by atomic mass is 10.6. The quantitative estimate of drug-likeness (QED) is 0.190.